The number of aromatic nitrogens is 1. The zero-order valence-electron chi connectivity index (χ0n) is 11.4. The molecule has 0 aliphatic carbocycles. The van der Waals surface area contributed by atoms with Crippen LogP contribution in [-0.4, -0.2) is 24.2 Å². The zero-order chi connectivity index (χ0) is 13.1. The van der Waals surface area contributed by atoms with E-state index >= 15 is 0 Å². The van der Waals surface area contributed by atoms with Crippen molar-refractivity contribution in [3.05, 3.63) is 23.4 Å². The normalized spacial score (nSPS) is 13.7. The second-order valence-electron chi connectivity index (χ2n) is 4.75. The predicted octanol–water partition coefficient (Wildman–Crippen LogP) is 2.05. The first-order valence-electron chi connectivity index (χ1n) is 5.95. The average molecular weight is 237 g/mol. The number of pyridine rings is 1. The molecule has 1 unspecified atom stereocenters. The summed E-state index contributed by atoms with van der Waals surface area (Å²) in [5.41, 5.74) is 7.72. The monoisotopic (exact) mass is 237 g/mol. The maximum atomic E-state index is 5.95. The summed E-state index contributed by atoms with van der Waals surface area (Å²) in [7, 11) is 1.91. The number of nitrogens with two attached hydrogens (primary N) is 1. The average Bonchev–Trinajstić information content (AvgIpc) is 2.23. The Bertz CT molecular complexity index is 377. The molecule has 17 heavy (non-hydrogen) atoms. The van der Waals surface area contributed by atoms with E-state index in [0.717, 1.165) is 11.1 Å². The Morgan fingerprint density at radius 2 is 2.18 bits per heavy atom. The van der Waals surface area contributed by atoms with Crippen molar-refractivity contribution in [2.24, 2.45) is 0 Å². The molecule has 0 aliphatic heterocycles. The Hall–Kier alpha value is -1.13. The number of nitrogens with zero attached hydrogens (tertiary/aromatic N) is 1. The van der Waals surface area contributed by atoms with Gasteiger partial charge in [-0.15, -0.1) is 0 Å². The molecule has 4 heteroatoms. The highest BCUT2D eigenvalue weighted by molar-refractivity contribution is 5.44. The van der Waals surface area contributed by atoms with Crippen LogP contribution in [0.3, 0.4) is 0 Å². The lowest BCUT2D eigenvalue weighted by atomic mass is 9.91. The third-order valence-electron chi connectivity index (χ3n) is 2.90. The maximum Gasteiger partial charge on any atom is 0.128 e. The molecular formula is C13H23N3O. The van der Waals surface area contributed by atoms with Gasteiger partial charge in [-0.3, -0.25) is 0 Å². The molecule has 0 radical (unpaired) electrons. The largest absolute Gasteiger partial charge is 0.383 e. The predicted molar refractivity (Wildman–Crippen MR) is 70.9 cm³/mol. The molecule has 96 valence electrons. The first-order chi connectivity index (χ1) is 7.92. The van der Waals surface area contributed by atoms with Gasteiger partial charge in [-0.25, -0.2) is 4.98 Å². The van der Waals surface area contributed by atoms with Crippen molar-refractivity contribution in [3.63, 3.8) is 0 Å². The van der Waals surface area contributed by atoms with E-state index in [1.807, 2.05) is 20.9 Å². The van der Waals surface area contributed by atoms with Crippen LogP contribution >= 0.6 is 0 Å². The van der Waals surface area contributed by atoms with Crippen molar-refractivity contribution in [3.8, 4) is 0 Å². The van der Waals surface area contributed by atoms with E-state index in [-0.39, 0.29) is 11.6 Å². The van der Waals surface area contributed by atoms with Gasteiger partial charge >= 0.3 is 0 Å². The van der Waals surface area contributed by atoms with Crippen LogP contribution in [0.15, 0.2) is 12.3 Å². The number of ether oxygens (including phenoxy) is 1. The van der Waals surface area contributed by atoms with Crippen LogP contribution in [0.5, 0.6) is 0 Å². The van der Waals surface area contributed by atoms with Gasteiger partial charge in [0.15, 0.2) is 0 Å². The summed E-state index contributed by atoms with van der Waals surface area (Å²) in [6.07, 6.45) is 1.78. The molecule has 0 aliphatic rings. The Balaban J connectivity index is 3.13. The van der Waals surface area contributed by atoms with Gasteiger partial charge < -0.3 is 15.8 Å². The fourth-order valence-corrected chi connectivity index (χ4v) is 2.17. The summed E-state index contributed by atoms with van der Waals surface area (Å²) in [6, 6.07) is 2.08. The quantitative estimate of drug-likeness (QED) is 0.823. The summed E-state index contributed by atoms with van der Waals surface area (Å²) in [5, 5.41) is 3.27. The van der Waals surface area contributed by atoms with Crippen molar-refractivity contribution in [2.45, 2.75) is 39.3 Å². The van der Waals surface area contributed by atoms with Crippen LogP contribution < -0.4 is 11.1 Å². The lowest BCUT2D eigenvalue weighted by Crippen LogP contribution is -2.40. The van der Waals surface area contributed by atoms with E-state index in [1.165, 1.54) is 0 Å². The first kappa shape index (κ1) is 13.9. The smallest absolute Gasteiger partial charge is 0.128 e. The second-order valence-corrected chi connectivity index (χ2v) is 4.75. The molecule has 0 fully saturated rings. The Morgan fingerprint density at radius 1 is 1.53 bits per heavy atom. The van der Waals surface area contributed by atoms with E-state index in [9.17, 15) is 0 Å². The molecule has 1 aromatic rings. The third kappa shape index (κ3) is 3.17. The number of hydrogen-bond donors (Lipinski definition) is 2. The van der Waals surface area contributed by atoms with E-state index in [0.29, 0.717) is 12.4 Å². The summed E-state index contributed by atoms with van der Waals surface area (Å²) in [5.74, 6) is 0.558. The highest BCUT2D eigenvalue weighted by Gasteiger charge is 2.31. The molecule has 3 N–H and O–H groups in total. The fourth-order valence-electron chi connectivity index (χ4n) is 2.17. The molecule has 1 heterocycles. The second kappa shape index (κ2) is 5.47. The van der Waals surface area contributed by atoms with E-state index in [1.54, 1.807) is 6.20 Å². The van der Waals surface area contributed by atoms with E-state index in [4.69, 9.17) is 10.5 Å². The fraction of sp³-hybridized carbons (Fsp3) is 0.615. The van der Waals surface area contributed by atoms with Crippen molar-refractivity contribution in [1.82, 2.24) is 10.3 Å². The van der Waals surface area contributed by atoms with Crippen LogP contribution in [-0.2, 0) is 4.74 Å². The summed E-state index contributed by atoms with van der Waals surface area (Å²) in [4.78, 5) is 4.20. The molecule has 1 rings (SSSR count). The number of rotatable bonds is 5. The molecule has 0 amide bonds. The highest BCUT2D eigenvalue weighted by Crippen LogP contribution is 2.31. The van der Waals surface area contributed by atoms with Crippen molar-refractivity contribution in [2.75, 3.05) is 19.4 Å². The van der Waals surface area contributed by atoms with Crippen LogP contribution in [0.1, 0.15) is 37.9 Å². The molecule has 0 saturated carbocycles. The molecule has 1 atom stereocenters. The van der Waals surface area contributed by atoms with Gasteiger partial charge in [-0.05, 0) is 46.4 Å². The van der Waals surface area contributed by atoms with Gasteiger partial charge in [0.05, 0.1) is 11.6 Å². The maximum absolute atomic E-state index is 5.95. The van der Waals surface area contributed by atoms with E-state index in [2.05, 4.69) is 30.2 Å². The minimum Gasteiger partial charge on any atom is -0.383 e. The SMILES string of the molecule is CCOC(C)(C)C(NC)c1cc(C)cnc1N. The van der Waals surface area contributed by atoms with Crippen molar-refractivity contribution >= 4 is 5.82 Å². The standard InChI is InChI=1S/C13H23N3O/c1-6-17-13(3,4)11(15-5)10-7-9(2)8-16-12(10)14/h7-8,11,15H,6H2,1-5H3,(H2,14,16). The number of aryl methyl sites for hydroxylation is 1. The van der Waals surface area contributed by atoms with Gasteiger partial charge in [0, 0.05) is 18.4 Å². The summed E-state index contributed by atoms with van der Waals surface area (Å²) >= 11 is 0. The van der Waals surface area contributed by atoms with Crippen LogP contribution in [0.4, 0.5) is 5.82 Å². The van der Waals surface area contributed by atoms with Crippen molar-refractivity contribution < 1.29 is 4.74 Å². The molecule has 0 bridgehead atoms. The van der Waals surface area contributed by atoms with E-state index < -0.39 is 0 Å². The van der Waals surface area contributed by atoms with Gasteiger partial charge in [0.25, 0.3) is 0 Å². The van der Waals surface area contributed by atoms with Crippen molar-refractivity contribution in [1.29, 1.82) is 0 Å². The number of likely N-dealkylation sites (N-methyl/N-ethyl adjacent to an activating group) is 1. The molecule has 0 aromatic carbocycles. The number of anilines is 1. The van der Waals surface area contributed by atoms with Gasteiger partial charge in [0.1, 0.15) is 5.82 Å². The van der Waals surface area contributed by atoms with Crippen LogP contribution in [0.25, 0.3) is 0 Å². The molecule has 0 spiro atoms. The van der Waals surface area contributed by atoms with Crippen LogP contribution in [0.2, 0.25) is 0 Å². The topological polar surface area (TPSA) is 60.2 Å². The first-order valence-corrected chi connectivity index (χ1v) is 5.95. The summed E-state index contributed by atoms with van der Waals surface area (Å²) < 4.78 is 5.79. The minimum atomic E-state index is -0.326. The Kier molecular flexibility index (Phi) is 4.48. The summed E-state index contributed by atoms with van der Waals surface area (Å²) in [6.45, 7) is 8.78. The minimum absolute atomic E-state index is 0.0230. The van der Waals surface area contributed by atoms with Crippen LogP contribution in [0, 0.1) is 6.92 Å². The Labute approximate surface area is 104 Å². The molecule has 1 aromatic heterocycles. The number of hydrogen-bond acceptors (Lipinski definition) is 4. The number of nitrogen functional groups attached to an aromatic ring is 1. The number of nitrogens with one attached hydrogen (secondary N) is 1. The Morgan fingerprint density at radius 3 is 2.71 bits per heavy atom. The molecule has 4 nitrogen and oxygen atoms in total. The van der Waals surface area contributed by atoms with Gasteiger partial charge in [-0.1, -0.05) is 0 Å². The third-order valence-corrected chi connectivity index (χ3v) is 2.90. The van der Waals surface area contributed by atoms with Gasteiger partial charge in [0.2, 0.25) is 0 Å². The lowest BCUT2D eigenvalue weighted by molar-refractivity contribution is -0.0373. The molecule has 0 saturated heterocycles. The lowest BCUT2D eigenvalue weighted by Gasteiger charge is -2.34. The molecular weight excluding hydrogens is 214 g/mol. The van der Waals surface area contributed by atoms with Gasteiger partial charge in [-0.2, -0.15) is 0 Å². The zero-order valence-corrected chi connectivity index (χ0v) is 11.4. The highest BCUT2D eigenvalue weighted by atomic mass is 16.5.